The zero-order chi connectivity index (χ0) is 32.9. The number of benzene rings is 2. The first kappa shape index (κ1) is 34.3. The Morgan fingerprint density at radius 2 is 1.84 bits per heavy atom. The summed E-state index contributed by atoms with van der Waals surface area (Å²) < 4.78 is 5.31. The molecule has 0 aromatic heterocycles. The maximum atomic E-state index is 14.2. The van der Waals surface area contributed by atoms with Crippen molar-refractivity contribution in [3.63, 3.8) is 0 Å². The van der Waals surface area contributed by atoms with Crippen LogP contribution < -0.4 is 10.2 Å². The number of nitrogens with zero attached hydrogens (tertiary/aromatic N) is 3. The number of ether oxygens (including phenoxy) is 1. The number of carbonyl (C=O) groups excluding carboxylic acids is 4. The van der Waals surface area contributed by atoms with E-state index in [2.05, 4.69) is 5.32 Å². The van der Waals surface area contributed by atoms with Crippen LogP contribution in [0.25, 0.3) is 0 Å². The smallest absolute Gasteiger partial charge is 0.407 e. The summed E-state index contributed by atoms with van der Waals surface area (Å²) in [6, 6.07) is 13.0. The number of anilines is 1. The Morgan fingerprint density at radius 1 is 1.13 bits per heavy atom. The molecule has 4 rings (SSSR count). The van der Waals surface area contributed by atoms with Gasteiger partial charge in [0, 0.05) is 42.2 Å². The van der Waals surface area contributed by atoms with Crippen molar-refractivity contribution in [3.05, 3.63) is 59.2 Å². The van der Waals surface area contributed by atoms with Crippen LogP contribution >= 0.6 is 11.8 Å². The highest BCUT2D eigenvalue weighted by atomic mass is 32.2. The summed E-state index contributed by atoms with van der Waals surface area (Å²) in [4.78, 5) is 62.6. The van der Waals surface area contributed by atoms with Gasteiger partial charge in [-0.15, -0.1) is 16.8 Å². The third kappa shape index (κ3) is 8.58. The van der Waals surface area contributed by atoms with Crippen molar-refractivity contribution in [1.29, 1.82) is 0 Å². The molecule has 3 amide bonds. The van der Waals surface area contributed by atoms with Gasteiger partial charge in [-0.05, 0) is 84.6 Å². The second-order valence-corrected chi connectivity index (χ2v) is 14.4. The first-order valence-corrected chi connectivity index (χ1v) is 16.5. The number of hydrogen-bond acceptors (Lipinski definition) is 8. The van der Waals surface area contributed by atoms with Gasteiger partial charge >= 0.3 is 12.1 Å². The lowest BCUT2D eigenvalue weighted by molar-refractivity contribution is -0.208. The summed E-state index contributed by atoms with van der Waals surface area (Å²) in [6.45, 7) is 14.8. The molecule has 2 aromatic carbocycles. The van der Waals surface area contributed by atoms with Crippen LogP contribution in [0.2, 0.25) is 0 Å². The summed E-state index contributed by atoms with van der Waals surface area (Å²) in [6.07, 6.45) is 1.02. The number of fused-ring (bicyclic) bond motifs is 1. The van der Waals surface area contributed by atoms with Crippen LogP contribution in [0.4, 0.5) is 10.5 Å². The molecule has 0 saturated carbocycles. The van der Waals surface area contributed by atoms with Gasteiger partial charge in [0.15, 0.2) is 0 Å². The lowest BCUT2D eigenvalue weighted by atomic mass is 9.97. The predicted molar refractivity (Wildman–Crippen MR) is 175 cm³/mol. The average molecular weight is 639 g/mol. The number of aryl methyl sites for hydroxylation is 1. The number of thioether (sulfide) groups is 1. The van der Waals surface area contributed by atoms with Gasteiger partial charge in [0.1, 0.15) is 6.61 Å². The van der Waals surface area contributed by atoms with E-state index in [9.17, 15) is 19.2 Å². The molecular formula is C34H46N4O6S. The predicted octanol–water partition coefficient (Wildman–Crippen LogP) is 5.57. The minimum absolute atomic E-state index is 0.0847. The lowest BCUT2D eigenvalue weighted by Gasteiger charge is -2.41. The van der Waals surface area contributed by atoms with Gasteiger partial charge in [-0.25, -0.2) is 9.59 Å². The molecule has 1 N–H and O–H groups in total. The number of nitrogens with one attached hydrogen (secondary N) is 1. The Hall–Kier alpha value is -3.57. The summed E-state index contributed by atoms with van der Waals surface area (Å²) >= 11 is 1.47. The quantitative estimate of drug-likeness (QED) is 0.380. The molecule has 0 bridgehead atoms. The van der Waals surface area contributed by atoms with E-state index in [-0.39, 0.29) is 54.8 Å². The number of piperidine rings is 1. The molecule has 2 unspecified atom stereocenters. The Kier molecular flexibility index (Phi) is 11.2. The highest BCUT2D eigenvalue weighted by Crippen LogP contribution is 2.41. The third-order valence-corrected chi connectivity index (χ3v) is 9.07. The summed E-state index contributed by atoms with van der Waals surface area (Å²) in [5.41, 5.74) is 2.26. The zero-order valence-electron chi connectivity index (χ0n) is 27.4. The molecule has 2 aliphatic heterocycles. The minimum atomic E-state index is -0.627. The normalized spacial score (nSPS) is 18.8. The molecule has 2 heterocycles. The van der Waals surface area contributed by atoms with Crippen LogP contribution in [-0.2, 0) is 25.8 Å². The van der Waals surface area contributed by atoms with E-state index in [1.807, 2.05) is 95.8 Å². The number of alkyl carbamates (subject to hydrolysis) is 1. The van der Waals surface area contributed by atoms with Gasteiger partial charge in [0.05, 0.1) is 22.9 Å². The largest absolute Gasteiger partial charge is 0.445 e. The molecule has 11 heteroatoms. The molecule has 1 saturated heterocycles. The van der Waals surface area contributed by atoms with Crippen molar-refractivity contribution in [2.45, 2.75) is 90.1 Å². The van der Waals surface area contributed by atoms with Crippen molar-refractivity contribution in [3.8, 4) is 0 Å². The highest BCUT2D eigenvalue weighted by molar-refractivity contribution is 8.01. The summed E-state index contributed by atoms with van der Waals surface area (Å²) in [5.74, 6) is -0.511. The van der Waals surface area contributed by atoms with Crippen molar-refractivity contribution in [1.82, 2.24) is 15.3 Å². The topological polar surface area (TPSA) is 108 Å². The van der Waals surface area contributed by atoms with E-state index in [4.69, 9.17) is 9.57 Å². The summed E-state index contributed by atoms with van der Waals surface area (Å²) in [5, 5.41) is 4.12. The molecule has 2 aliphatic rings. The maximum absolute atomic E-state index is 14.2. The zero-order valence-corrected chi connectivity index (χ0v) is 28.2. The van der Waals surface area contributed by atoms with Crippen LogP contribution in [0, 0.1) is 12.3 Å². The van der Waals surface area contributed by atoms with Gasteiger partial charge in [0.25, 0.3) is 5.91 Å². The molecule has 0 radical (unpaired) electrons. The fourth-order valence-corrected chi connectivity index (χ4v) is 6.65. The van der Waals surface area contributed by atoms with Gasteiger partial charge in [-0.3, -0.25) is 9.59 Å². The summed E-state index contributed by atoms with van der Waals surface area (Å²) in [7, 11) is 0. The molecule has 244 valence electrons. The van der Waals surface area contributed by atoms with Gasteiger partial charge in [-0.1, -0.05) is 30.3 Å². The molecular weight excluding hydrogens is 592 g/mol. The van der Waals surface area contributed by atoms with E-state index in [1.165, 1.54) is 11.8 Å². The fourth-order valence-electron chi connectivity index (χ4n) is 5.51. The van der Waals surface area contributed by atoms with E-state index < -0.39 is 11.5 Å². The maximum Gasteiger partial charge on any atom is 0.407 e. The number of hydrogen-bond donors (Lipinski definition) is 1. The number of carbonyl (C=O) groups is 4. The van der Waals surface area contributed by atoms with E-state index >= 15 is 0 Å². The van der Waals surface area contributed by atoms with Gasteiger partial charge in [-0.2, -0.15) is 0 Å². The van der Waals surface area contributed by atoms with E-state index in [1.54, 1.807) is 9.96 Å². The Balaban J connectivity index is 1.49. The van der Waals surface area contributed by atoms with Crippen molar-refractivity contribution >= 4 is 41.3 Å². The SMILES string of the molecule is Cc1cc2c(cc1C(=O)N(C(C)C)C1CCCN(OC(=O)C(C)(C)C)C1)N(CCNC(=O)OCc1ccccc1)C(=O)C(C)S2. The Morgan fingerprint density at radius 3 is 2.51 bits per heavy atom. The number of hydroxylamine groups is 2. The molecule has 10 nitrogen and oxygen atoms in total. The Bertz CT molecular complexity index is 1390. The van der Waals surface area contributed by atoms with E-state index in [0.717, 1.165) is 28.9 Å². The standard InChI is InChI=1S/C34H46N4O6S/c1-22(2)38(26-14-11-16-36(20-26)44-32(41)34(5,6)7)31(40)27-19-28-29(18-23(27)3)45-24(4)30(39)37(28)17-15-35-33(42)43-21-25-12-9-8-10-13-25/h8-10,12-13,18-19,22,24,26H,11,14-17,20-21H2,1-7H3,(H,35,42). The second-order valence-electron chi connectivity index (χ2n) is 13.0. The molecule has 1 fully saturated rings. The minimum Gasteiger partial charge on any atom is -0.445 e. The third-order valence-electron chi connectivity index (χ3n) is 7.93. The van der Waals surface area contributed by atoms with Crippen molar-refractivity contribution in [2.75, 3.05) is 31.1 Å². The monoisotopic (exact) mass is 638 g/mol. The van der Waals surface area contributed by atoms with Crippen LogP contribution in [0.1, 0.15) is 75.9 Å². The van der Waals surface area contributed by atoms with Gasteiger partial charge in [0.2, 0.25) is 5.91 Å². The lowest BCUT2D eigenvalue weighted by Crippen LogP contribution is -2.53. The Labute approximate surface area is 270 Å². The molecule has 0 spiro atoms. The first-order chi connectivity index (χ1) is 21.3. The van der Waals surface area contributed by atoms with E-state index in [0.29, 0.717) is 24.3 Å². The number of amides is 3. The number of rotatable bonds is 9. The second kappa shape index (κ2) is 14.7. The van der Waals surface area contributed by atoms with Crippen LogP contribution in [0.15, 0.2) is 47.4 Å². The molecule has 0 aliphatic carbocycles. The van der Waals surface area contributed by atoms with Crippen molar-refractivity contribution in [2.24, 2.45) is 5.41 Å². The highest BCUT2D eigenvalue weighted by Gasteiger charge is 2.36. The van der Waals surface area contributed by atoms with Crippen LogP contribution in [-0.4, -0.2) is 77.4 Å². The average Bonchev–Trinajstić information content (AvgIpc) is 2.98. The molecule has 2 atom stereocenters. The first-order valence-electron chi connectivity index (χ1n) is 15.6. The van der Waals surface area contributed by atoms with Crippen molar-refractivity contribution < 1.29 is 28.8 Å². The van der Waals surface area contributed by atoms with Crippen LogP contribution in [0.3, 0.4) is 0 Å². The van der Waals surface area contributed by atoms with Gasteiger partial charge < -0.3 is 24.7 Å². The fraction of sp³-hybridized carbons (Fsp3) is 0.529. The molecule has 45 heavy (non-hydrogen) atoms. The van der Waals surface area contributed by atoms with Crippen LogP contribution in [0.5, 0.6) is 0 Å². The molecule has 2 aromatic rings.